The van der Waals surface area contributed by atoms with Crippen LogP contribution in [0, 0.1) is 0 Å². The minimum Gasteiger partial charge on any atom is -0.497 e. The fourth-order valence-corrected chi connectivity index (χ4v) is 8.90. The number of carbonyl (C=O) groups excluding carboxylic acids is 4. The molecule has 434 valence electrons. The number of carbonyl (C=O) groups is 4. The summed E-state index contributed by atoms with van der Waals surface area (Å²) < 4.78 is 47.1. The molecule has 0 amide bonds. The van der Waals surface area contributed by atoms with Crippen LogP contribution in [-0.4, -0.2) is 58.2 Å². The van der Waals surface area contributed by atoms with Gasteiger partial charge in [-0.05, 0) is 67.6 Å². The molecule has 0 radical (unpaired) electrons. The Morgan fingerprint density at radius 3 is 1.23 bits per heavy atom. The quantitative estimate of drug-likeness (QED) is 0.0727. The van der Waals surface area contributed by atoms with Crippen LogP contribution in [0.2, 0.25) is 0 Å². The van der Waals surface area contributed by atoms with Gasteiger partial charge >= 0.3 is 22.5 Å². The molecule has 0 saturated carbocycles. The first-order valence-electron chi connectivity index (χ1n) is 26.7. The zero-order valence-electron chi connectivity index (χ0n) is 47.4. The lowest BCUT2D eigenvalue weighted by Crippen LogP contribution is -2.14. The number of ketones is 4. The summed E-state index contributed by atoms with van der Waals surface area (Å²) in [5, 5.41) is 2.51. The summed E-state index contributed by atoms with van der Waals surface area (Å²) in [4.78, 5) is 98.0. The van der Waals surface area contributed by atoms with Crippen LogP contribution in [0.4, 0.5) is 0 Å². The third-order valence-corrected chi connectivity index (χ3v) is 13.3. The Labute approximate surface area is 494 Å². The van der Waals surface area contributed by atoms with E-state index < -0.39 is 22.5 Å². The third-order valence-electron chi connectivity index (χ3n) is 13.3. The number of ether oxygens (including phenoxy) is 5. The van der Waals surface area contributed by atoms with Crippen LogP contribution < -0.4 is 46.2 Å². The largest absolute Gasteiger partial charge is 0.497 e. The Morgan fingerprint density at radius 1 is 0.333 bits per heavy atom. The van der Waals surface area contributed by atoms with E-state index in [0.717, 1.165) is 0 Å². The van der Waals surface area contributed by atoms with Crippen molar-refractivity contribution in [3.63, 3.8) is 0 Å². The Morgan fingerprint density at radius 2 is 0.747 bits per heavy atom. The normalized spacial score (nSPS) is 10.5. The van der Waals surface area contributed by atoms with Crippen molar-refractivity contribution in [1.29, 1.82) is 0 Å². The number of para-hydroxylation sites is 1. The van der Waals surface area contributed by atoms with Crippen molar-refractivity contribution in [1.82, 2.24) is 0 Å². The molecule has 87 heavy (non-hydrogen) atoms. The van der Waals surface area contributed by atoms with E-state index >= 15 is 0 Å². The van der Waals surface area contributed by atoms with E-state index in [4.69, 9.17) is 41.4 Å². The van der Waals surface area contributed by atoms with Gasteiger partial charge in [-0.2, -0.15) is 0 Å². The Balaban J connectivity index is 0.000000138. The topological polar surface area (TPSA) is 235 Å². The van der Waals surface area contributed by atoms with Crippen LogP contribution in [0.25, 0.3) is 43.9 Å². The fraction of sp³-hybridized carbons (Fsp3) is 0.0857. The maximum atomic E-state index is 12.5. The van der Waals surface area contributed by atoms with Crippen LogP contribution >= 0.6 is 0 Å². The molecule has 17 heteroatoms. The van der Waals surface area contributed by atoms with Gasteiger partial charge in [0.15, 0.2) is 34.5 Å². The lowest BCUT2D eigenvalue weighted by atomic mass is 10.0. The maximum Gasteiger partial charge on any atom is 0.347 e. The number of rotatable bonds is 14. The first-order valence-corrected chi connectivity index (χ1v) is 26.7. The number of hydrogen-bond donors (Lipinski definition) is 0. The fourth-order valence-electron chi connectivity index (χ4n) is 8.90. The Kier molecular flexibility index (Phi) is 19.0. The minimum absolute atomic E-state index is 0.0157. The van der Waals surface area contributed by atoms with Crippen molar-refractivity contribution in [2.45, 2.75) is 6.92 Å². The molecular weight excluding hydrogens is 1110 g/mol. The Bertz CT molecular complexity index is 4740. The predicted octanol–water partition coefficient (Wildman–Crippen LogP) is 12.5. The van der Waals surface area contributed by atoms with E-state index in [2.05, 4.69) is 0 Å². The van der Waals surface area contributed by atoms with Crippen molar-refractivity contribution in [3.05, 3.63) is 299 Å². The molecule has 4 aromatic heterocycles. The van der Waals surface area contributed by atoms with Gasteiger partial charge in [-0.1, -0.05) is 133 Å². The second kappa shape index (κ2) is 27.6. The van der Waals surface area contributed by atoms with Crippen LogP contribution in [0.1, 0.15) is 70.6 Å². The Hall–Kier alpha value is -11.7. The molecule has 4 heterocycles. The first kappa shape index (κ1) is 59.9. The highest BCUT2D eigenvalue weighted by Gasteiger charge is 2.21. The summed E-state index contributed by atoms with van der Waals surface area (Å²) >= 11 is 0. The average molecular weight is 1170 g/mol. The van der Waals surface area contributed by atoms with E-state index in [9.17, 15) is 38.4 Å². The van der Waals surface area contributed by atoms with E-state index in [1.54, 1.807) is 195 Å². The average Bonchev–Trinajstić information content (AvgIpc) is 1.76. The zero-order chi connectivity index (χ0) is 61.6. The SMILES string of the molecule is CCOc1cccc2cc(C(=O)c3ccccc3)c(=O)oc12.COc1cc(OC)c2cc(C(=O)c3ccccc3)c(=O)oc2c1.COc1ccc2cc(C(=O)c3ccccc3)c(=O)oc2c1.COc1ccc2oc(=O)c(C(=O)c3ccccc3)cc2c1. The standard InChI is InChI=1S/C18H14O5.C18H14O4.2C17H12O4/c1-21-12-8-15(22-2)13-10-14(18(20)23-16(13)9-12)17(19)11-6-4-3-5-7-11;1-2-21-15-10-6-9-13-11-14(18(20)22-17(13)15)16(19)12-7-4-3-5-8-12;1-20-13-7-8-15-12(9-13)10-14(17(19)21-15)16(18)11-5-3-2-4-6-11;1-20-13-8-7-12-9-14(17(19)21-15(12)10-13)16(18)11-5-3-2-4-6-11/h3-10H,1-2H3;3-11H,2H2,1H3;2*2-10H,1H3. The summed E-state index contributed by atoms with van der Waals surface area (Å²) in [6, 6.07) is 59.4. The van der Waals surface area contributed by atoms with Crippen molar-refractivity contribution in [2.75, 3.05) is 35.0 Å². The van der Waals surface area contributed by atoms with E-state index in [-0.39, 0.29) is 45.4 Å². The van der Waals surface area contributed by atoms with Gasteiger partial charge in [-0.3, -0.25) is 19.2 Å². The molecule has 0 bridgehead atoms. The molecule has 0 N–H and O–H groups in total. The summed E-state index contributed by atoms with van der Waals surface area (Å²) in [7, 11) is 6.09. The molecule has 17 nitrogen and oxygen atoms in total. The van der Waals surface area contributed by atoms with Gasteiger partial charge < -0.3 is 41.4 Å². The number of hydrogen-bond acceptors (Lipinski definition) is 17. The smallest absolute Gasteiger partial charge is 0.347 e. The molecule has 0 saturated heterocycles. The molecule has 0 aliphatic rings. The van der Waals surface area contributed by atoms with Crippen LogP contribution in [-0.2, 0) is 0 Å². The molecule has 12 aromatic rings. The van der Waals surface area contributed by atoms with Crippen molar-refractivity contribution < 1.29 is 60.5 Å². The van der Waals surface area contributed by atoms with E-state index in [1.807, 2.05) is 25.1 Å². The molecule has 8 aromatic carbocycles. The molecule has 0 aliphatic heterocycles. The maximum absolute atomic E-state index is 12.5. The summed E-state index contributed by atoms with van der Waals surface area (Å²) in [5.41, 5.74) is 0.650. The van der Waals surface area contributed by atoms with Gasteiger partial charge in [-0.15, -0.1) is 0 Å². The van der Waals surface area contributed by atoms with E-state index in [1.165, 1.54) is 27.4 Å². The third kappa shape index (κ3) is 13.9. The highest BCUT2D eigenvalue weighted by Crippen LogP contribution is 2.32. The van der Waals surface area contributed by atoms with Gasteiger partial charge in [0.1, 0.15) is 62.0 Å². The highest BCUT2D eigenvalue weighted by molar-refractivity contribution is 6.12. The molecule has 12 rings (SSSR count). The first-order chi connectivity index (χ1) is 42.2. The van der Waals surface area contributed by atoms with Gasteiger partial charge in [0.25, 0.3) is 0 Å². The monoisotopic (exact) mass is 1160 g/mol. The van der Waals surface area contributed by atoms with Gasteiger partial charge in [0.2, 0.25) is 0 Å². The minimum atomic E-state index is -0.693. The lowest BCUT2D eigenvalue weighted by molar-refractivity contribution is 0.102. The van der Waals surface area contributed by atoms with Gasteiger partial charge in [-0.25, -0.2) is 19.2 Å². The van der Waals surface area contributed by atoms with Gasteiger partial charge in [0.05, 0.1) is 40.4 Å². The predicted molar refractivity (Wildman–Crippen MR) is 327 cm³/mol. The molecule has 0 atom stereocenters. The van der Waals surface area contributed by atoms with Crippen LogP contribution in [0.3, 0.4) is 0 Å². The lowest BCUT2D eigenvalue weighted by Gasteiger charge is -2.08. The number of benzene rings is 8. The van der Waals surface area contributed by atoms with Crippen LogP contribution in [0.5, 0.6) is 28.7 Å². The van der Waals surface area contributed by atoms with E-state index in [0.29, 0.717) is 101 Å². The highest BCUT2D eigenvalue weighted by atomic mass is 16.5. The van der Waals surface area contributed by atoms with Crippen molar-refractivity contribution in [2.24, 2.45) is 0 Å². The second-order valence-electron chi connectivity index (χ2n) is 18.7. The molecule has 0 spiro atoms. The summed E-state index contributed by atoms with van der Waals surface area (Å²) in [5.74, 6) is 1.25. The molecule has 0 unspecified atom stereocenters. The summed E-state index contributed by atoms with van der Waals surface area (Å²) in [6.45, 7) is 2.32. The molecule has 0 fully saturated rings. The molecular formula is C70H52O17. The van der Waals surface area contributed by atoms with Crippen LogP contribution in [0.15, 0.2) is 249 Å². The summed E-state index contributed by atoms with van der Waals surface area (Å²) in [6.07, 6.45) is 0. The second-order valence-corrected chi connectivity index (χ2v) is 18.7. The van der Waals surface area contributed by atoms with Crippen molar-refractivity contribution >= 4 is 67.0 Å². The number of fused-ring (bicyclic) bond motifs is 4. The van der Waals surface area contributed by atoms with Gasteiger partial charge in [0, 0.05) is 56.6 Å². The molecule has 0 aliphatic carbocycles. The van der Waals surface area contributed by atoms with Crippen molar-refractivity contribution in [3.8, 4) is 28.7 Å². The zero-order valence-corrected chi connectivity index (χ0v) is 47.4. The number of methoxy groups -OCH3 is 4.